The third kappa shape index (κ3) is 3.38. The fourth-order valence-corrected chi connectivity index (χ4v) is 1.24. The van der Waals surface area contributed by atoms with Crippen molar-refractivity contribution in [3.05, 3.63) is 22.3 Å². The Morgan fingerprint density at radius 2 is 2.31 bits per heavy atom. The second kappa shape index (κ2) is 4.65. The van der Waals surface area contributed by atoms with E-state index in [1.807, 2.05) is 0 Å². The van der Waals surface area contributed by atoms with Crippen molar-refractivity contribution in [1.82, 2.24) is 4.98 Å². The number of pyridine rings is 1. The lowest BCUT2D eigenvalue weighted by molar-refractivity contribution is 0.208. The summed E-state index contributed by atoms with van der Waals surface area (Å²) in [5.41, 5.74) is 0. The molecule has 0 aliphatic heterocycles. The summed E-state index contributed by atoms with van der Waals surface area (Å²) in [4.78, 5) is 3.96. The quantitative estimate of drug-likeness (QED) is 0.822. The number of hydrogen-bond acceptors (Lipinski definition) is 3. The standard InChI is InChI=1S/C8H10Cl2N2O/c1-5(13)3-11-8-7(10)2-6(9)4-12-8/h2,4-5,13H,3H2,1H3,(H,11,12). The lowest BCUT2D eigenvalue weighted by Gasteiger charge is -2.08. The summed E-state index contributed by atoms with van der Waals surface area (Å²) in [6, 6.07) is 1.60. The van der Waals surface area contributed by atoms with Crippen molar-refractivity contribution in [3.8, 4) is 0 Å². The first-order valence-electron chi connectivity index (χ1n) is 3.82. The molecule has 1 aromatic heterocycles. The average molecular weight is 221 g/mol. The van der Waals surface area contributed by atoms with Crippen molar-refractivity contribution in [2.24, 2.45) is 0 Å². The van der Waals surface area contributed by atoms with E-state index in [9.17, 15) is 0 Å². The summed E-state index contributed by atoms with van der Waals surface area (Å²) < 4.78 is 0. The van der Waals surface area contributed by atoms with Gasteiger partial charge in [0.2, 0.25) is 0 Å². The number of aliphatic hydroxyl groups is 1. The highest BCUT2D eigenvalue weighted by molar-refractivity contribution is 6.35. The topological polar surface area (TPSA) is 45.1 Å². The van der Waals surface area contributed by atoms with Gasteiger partial charge < -0.3 is 10.4 Å². The van der Waals surface area contributed by atoms with Gasteiger partial charge in [-0.15, -0.1) is 0 Å². The molecule has 0 radical (unpaired) electrons. The van der Waals surface area contributed by atoms with E-state index in [1.54, 1.807) is 13.0 Å². The van der Waals surface area contributed by atoms with Crippen molar-refractivity contribution in [2.75, 3.05) is 11.9 Å². The molecule has 0 aliphatic carbocycles. The van der Waals surface area contributed by atoms with Crippen molar-refractivity contribution in [1.29, 1.82) is 0 Å². The van der Waals surface area contributed by atoms with E-state index in [4.69, 9.17) is 28.3 Å². The van der Waals surface area contributed by atoms with Crippen LogP contribution in [0.5, 0.6) is 0 Å². The third-order valence-electron chi connectivity index (χ3n) is 1.37. The molecule has 0 fully saturated rings. The molecule has 5 heteroatoms. The molecule has 2 N–H and O–H groups in total. The molecular weight excluding hydrogens is 211 g/mol. The second-order valence-electron chi connectivity index (χ2n) is 2.71. The molecule has 1 unspecified atom stereocenters. The highest BCUT2D eigenvalue weighted by atomic mass is 35.5. The molecule has 0 saturated heterocycles. The van der Waals surface area contributed by atoms with Crippen molar-refractivity contribution >= 4 is 29.0 Å². The molecule has 1 atom stereocenters. The number of aliphatic hydroxyl groups excluding tert-OH is 1. The first-order chi connectivity index (χ1) is 6.09. The largest absolute Gasteiger partial charge is 0.392 e. The van der Waals surface area contributed by atoms with Crippen LogP contribution in [0.25, 0.3) is 0 Å². The number of hydrogen-bond donors (Lipinski definition) is 2. The summed E-state index contributed by atoms with van der Waals surface area (Å²) in [6.45, 7) is 2.09. The molecule has 0 saturated carbocycles. The van der Waals surface area contributed by atoms with E-state index in [0.717, 1.165) is 0 Å². The zero-order chi connectivity index (χ0) is 9.84. The molecule has 0 aliphatic rings. The van der Waals surface area contributed by atoms with Crippen molar-refractivity contribution in [2.45, 2.75) is 13.0 Å². The Balaban J connectivity index is 2.67. The Bertz CT molecular complexity index is 291. The van der Waals surface area contributed by atoms with Gasteiger partial charge in [-0.2, -0.15) is 0 Å². The Morgan fingerprint density at radius 1 is 1.62 bits per heavy atom. The Kier molecular flexibility index (Phi) is 3.78. The van der Waals surface area contributed by atoms with Gasteiger partial charge in [-0.25, -0.2) is 4.98 Å². The predicted molar refractivity (Wildman–Crippen MR) is 54.4 cm³/mol. The van der Waals surface area contributed by atoms with Gasteiger partial charge >= 0.3 is 0 Å². The van der Waals surface area contributed by atoms with Crippen LogP contribution in [-0.4, -0.2) is 22.7 Å². The fourth-order valence-electron chi connectivity index (χ4n) is 0.789. The van der Waals surface area contributed by atoms with Gasteiger partial charge in [-0.05, 0) is 13.0 Å². The van der Waals surface area contributed by atoms with E-state index in [0.29, 0.717) is 22.4 Å². The molecule has 1 rings (SSSR count). The SMILES string of the molecule is CC(O)CNc1ncc(Cl)cc1Cl. The molecular formula is C8H10Cl2N2O. The van der Waals surface area contributed by atoms with Crippen LogP contribution in [0.1, 0.15) is 6.92 Å². The van der Waals surface area contributed by atoms with Gasteiger partial charge in [0, 0.05) is 12.7 Å². The summed E-state index contributed by atoms with van der Waals surface area (Å²) in [7, 11) is 0. The van der Waals surface area contributed by atoms with Gasteiger partial charge in [-0.1, -0.05) is 23.2 Å². The lowest BCUT2D eigenvalue weighted by Crippen LogP contribution is -2.16. The van der Waals surface area contributed by atoms with Gasteiger partial charge in [0.25, 0.3) is 0 Å². The minimum atomic E-state index is -0.437. The van der Waals surface area contributed by atoms with Crippen LogP contribution in [0.3, 0.4) is 0 Å². The van der Waals surface area contributed by atoms with E-state index in [-0.39, 0.29) is 0 Å². The maximum atomic E-state index is 9.00. The number of anilines is 1. The number of nitrogens with one attached hydrogen (secondary N) is 1. The number of aromatic nitrogens is 1. The first kappa shape index (κ1) is 10.6. The highest BCUT2D eigenvalue weighted by Gasteiger charge is 2.03. The fraction of sp³-hybridized carbons (Fsp3) is 0.375. The van der Waals surface area contributed by atoms with Crippen LogP contribution in [-0.2, 0) is 0 Å². The summed E-state index contributed by atoms with van der Waals surface area (Å²) in [5.74, 6) is 0.534. The smallest absolute Gasteiger partial charge is 0.144 e. The van der Waals surface area contributed by atoms with Crippen LogP contribution in [0.2, 0.25) is 10.0 Å². The average Bonchev–Trinajstić information content (AvgIpc) is 2.02. The third-order valence-corrected chi connectivity index (χ3v) is 1.87. The number of nitrogens with zero attached hydrogens (tertiary/aromatic N) is 1. The Hall–Kier alpha value is -0.510. The van der Waals surface area contributed by atoms with Crippen LogP contribution >= 0.6 is 23.2 Å². The Morgan fingerprint density at radius 3 is 2.85 bits per heavy atom. The first-order valence-corrected chi connectivity index (χ1v) is 4.58. The molecule has 0 spiro atoms. The molecule has 0 bridgehead atoms. The van der Waals surface area contributed by atoms with Gasteiger partial charge in [0.15, 0.2) is 0 Å². The van der Waals surface area contributed by atoms with Crippen LogP contribution in [0.15, 0.2) is 12.3 Å². The van der Waals surface area contributed by atoms with Gasteiger partial charge in [0.1, 0.15) is 5.82 Å². The van der Waals surface area contributed by atoms with E-state index >= 15 is 0 Å². The van der Waals surface area contributed by atoms with Crippen LogP contribution < -0.4 is 5.32 Å². The van der Waals surface area contributed by atoms with E-state index < -0.39 is 6.10 Å². The molecule has 72 valence electrons. The number of rotatable bonds is 3. The zero-order valence-corrected chi connectivity index (χ0v) is 8.60. The highest BCUT2D eigenvalue weighted by Crippen LogP contribution is 2.22. The molecule has 0 amide bonds. The minimum Gasteiger partial charge on any atom is -0.392 e. The minimum absolute atomic E-state index is 0.411. The van der Waals surface area contributed by atoms with Gasteiger partial charge in [0.05, 0.1) is 16.1 Å². The van der Waals surface area contributed by atoms with Crippen LogP contribution in [0, 0.1) is 0 Å². The maximum Gasteiger partial charge on any atom is 0.144 e. The summed E-state index contributed by atoms with van der Waals surface area (Å²) in [6.07, 6.45) is 1.06. The monoisotopic (exact) mass is 220 g/mol. The lowest BCUT2D eigenvalue weighted by atomic mass is 10.4. The predicted octanol–water partition coefficient (Wildman–Crippen LogP) is 2.18. The normalized spacial score (nSPS) is 12.6. The maximum absolute atomic E-state index is 9.00. The summed E-state index contributed by atoms with van der Waals surface area (Å²) in [5, 5.41) is 12.8. The molecule has 1 heterocycles. The summed E-state index contributed by atoms with van der Waals surface area (Å²) >= 11 is 11.5. The Labute approximate surface area is 86.7 Å². The van der Waals surface area contributed by atoms with Crippen molar-refractivity contribution < 1.29 is 5.11 Å². The second-order valence-corrected chi connectivity index (χ2v) is 3.56. The van der Waals surface area contributed by atoms with Crippen LogP contribution in [0.4, 0.5) is 5.82 Å². The zero-order valence-electron chi connectivity index (χ0n) is 7.09. The molecule has 13 heavy (non-hydrogen) atoms. The molecule has 3 nitrogen and oxygen atoms in total. The van der Waals surface area contributed by atoms with E-state index in [2.05, 4.69) is 10.3 Å². The van der Waals surface area contributed by atoms with Gasteiger partial charge in [-0.3, -0.25) is 0 Å². The molecule has 0 aromatic carbocycles. The molecule has 1 aromatic rings. The number of halogens is 2. The van der Waals surface area contributed by atoms with Crippen molar-refractivity contribution in [3.63, 3.8) is 0 Å². The van der Waals surface area contributed by atoms with E-state index in [1.165, 1.54) is 6.20 Å².